The number of ether oxygens (including phenoxy) is 2. The molecule has 1 aliphatic heterocycles. The van der Waals surface area contributed by atoms with Crippen LogP contribution in [0.15, 0.2) is 48.5 Å². The summed E-state index contributed by atoms with van der Waals surface area (Å²) < 4.78 is 9.70. The van der Waals surface area contributed by atoms with Gasteiger partial charge >= 0.3 is 5.97 Å². The zero-order chi connectivity index (χ0) is 21.9. The van der Waals surface area contributed by atoms with Crippen molar-refractivity contribution in [1.29, 1.82) is 0 Å². The van der Waals surface area contributed by atoms with Crippen molar-refractivity contribution in [2.75, 3.05) is 39.2 Å². The van der Waals surface area contributed by atoms with E-state index in [9.17, 15) is 9.59 Å². The van der Waals surface area contributed by atoms with Crippen LogP contribution in [0.4, 0.5) is 5.69 Å². The number of alkyl halides is 1. The van der Waals surface area contributed by atoms with Crippen LogP contribution in [-0.2, 0) is 20.7 Å². The second-order valence-electron chi connectivity index (χ2n) is 7.66. The number of para-hydroxylation sites is 1. The number of halogens is 1. The summed E-state index contributed by atoms with van der Waals surface area (Å²) in [4.78, 5) is 29.7. The Balaban J connectivity index is 2.13. The van der Waals surface area contributed by atoms with Gasteiger partial charge in [-0.3, -0.25) is 9.59 Å². The number of anilines is 1. The quantitative estimate of drug-likeness (QED) is 0.330. The first-order valence-electron chi connectivity index (χ1n) is 9.83. The summed E-state index contributed by atoms with van der Waals surface area (Å²) >= 11 is 2.03. The van der Waals surface area contributed by atoms with E-state index in [2.05, 4.69) is 0 Å². The third kappa shape index (κ3) is 4.62. The molecule has 0 saturated heterocycles. The van der Waals surface area contributed by atoms with Crippen molar-refractivity contribution in [3.63, 3.8) is 0 Å². The average molecular weight is 522 g/mol. The minimum Gasteiger partial charge on any atom is -0.497 e. The van der Waals surface area contributed by atoms with Crippen molar-refractivity contribution in [2.45, 2.75) is 22.9 Å². The van der Waals surface area contributed by atoms with Gasteiger partial charge < -0.3 is 19.3 Å². The maximum Gasteiger partial charge on any atom is 0.304 e. The molecule has 0 bridgehead atoms. The number of hydrogen-bond donors (Lipinski definition) is 0. The Morgan fingerprint density at radius 1 is 1.20 bits per heavy atom. The number of esters is 1. The molecular weight excluding hydrogens is 495 g/mol. The minimum atomic E-state index is -1.36. The summed E-state index contributed by atoms with van der Waals surface area (Å²) in [5, 5.41) is 0. The summed E-state index contributed by atoms with van der Waals surface area (Å²) in [6.07, 6.45) is 0.572. The highest BCUT2D eigenvalue weighted by Crippen LogP contribution is 2.46. The van der Waals surface area contributed by atoms with Crippen LogP contribution < -0.4 is 9.64 Å². The van der Waals surface area contributed by atoms with Gasteiger partial charge in [0.2, 0.25) is 3.61 Å². The van der Waals surface area contributed by atoms with Gasteiger partial charge in [0.1, 0.15) is 5.75 Å². The number of amides is 1. The van der Waals surface area contributed by atoms with Crippen molar-refractivity contribution >= 4 is 40.2 Å². The fraction of sp³-hybridized carbons (Fsp3) is 0.391. The van der Waals surface area contributed by atoms with Crippen molar-refractivity contribution < 1.29 is 19.1 Å². The molecule has 1 heterocycles. The molecule has 0 aliphatic carbocycles. The zero-order valence-corrected chi connectivity index (χ0v) is 19.9. The molecular formula is C23H27IN2O4. The van der Waals surface area contributed by atoms with E-state index in [-0.39, 0.29) is 11.8 Å². The van der Waals surface area contributed by atoms with E-state index in [1.165, 1.54) is 6.92 Å². The standard InChI is InChI=1S/C23H27IN2O4/c1-16(27)30-23(24)20(17-9-11-19(29-4)12-10-17)15-18-7-5-6-8-21(18)26(22(23)28)14-13-25(2)3/h5-12,20H,13-15H2,1-4H3. The van der Waals surface area contributed by atoms with Gasteiger partial charge in [0, 0.05) is 31.6 Å². The summed E-state index contributed by atoms with van der Waals surface area (Å²) in [7, 11) is 5.56. The Labute approximate surface area is 191 Å². The molecule has 2 aromatic rings. The number of methoxy groups -OCH3 is 1. The summed E-state index contributed by atoms with van der Waals surface area (Å²) in [6.45, 7) is 2.55. The first-order chi connectivity index (χ1) is 14.3. The SMILES string of the molecule is COc1ccc(C2Cc3ccccc3N(CCN(C)C)C(=O)C2(I)OC(C)=O)cc1. The highest BCUT2D eigenvalue weighted by molar-refractivity contribution is 14.1. The van der Waals surface area contributed by atoms with Crippen LogP contribution in [0, 0.1) is 0 Å². The molecule has 1 amide bonds. The predicted molar refractivity (Wildman–Crippen MR) is 125 cm³/mol. The molecule has 0 radical (unpaired) electrons. The van der Waals surface area contributed by atoms with Crippen molar-refractivity contribution in [2.24, 2.45) is 0 Å². The largest absolute Gasteiger partial charge is 0.497 e. The molecule has 0 aromatic heterocycles. The second-order valence-corrected chi connectivity index (χ2v) is 9.26. The van der Waals surface area contributed by atoms with E-state index in [0.717, 1.165) is 22.6 Å². The lowest BCUT2D eigenvalue weighted by molar-refractivity contribution is -0.155. The molecule has 0 fully saturated rings. The third-order valence-electron chi connectivity index (χ3n) is 5.27. The van der Waals surface area contributed by atoms with Gasteiger partial charge in [-0.05, 0) is 72.4 Å². The molecule has 2 unspecified atom stereocenters. The van der Waals surface area contributed by atoms with Gasteiger partial charge in [0.05, 0.1) is 7.11 Å². The fourth-order valence-electron chi connectivity index (χ4n) is 3.75. The normalized spacial score (nSPS) is 21.2. The fourth-order valence-corrected chi connectivity index (χ4v) is 4.94. The van der Waals surface area contributed by atoms with Gasteiger partial charge in [0.15, 0.2) is 0 Å². The lowest BCUT2D eigenvalue weighted by Crippen LogP contribution is -2.51. The maximum absolute atomic E-state index is 13.9. The molecule has 3 rings (SSSR count). The molecule has 6 nitrogen and oxygen atoms in total. The Morgan fingerprint density at radius 2 is 1.87 bits per heavy atom. The first-order valence-corrected chi connectivity index (χ1v) is 10.9. The highest BCUT2D eigenvalue weighted by Gasteiger charge is 2.52. The first kappa shape index (κ1) is 22.6. The number of carbonyl (C=O) groups excluding carboxylic acids is 2. The van der Waals surface area contributed by atoms with E-state index in [1.54, 1.807) is 12.0 Å². The van der Waals surface area contributed by atoms with Gasteiger partial charge in [-0.1, -0.05) is 30.3 Å². The Bertz CT molecular complexity index is 916. The average Bonchev–Trinajstić information content (AvgIpc) is 2.80. The smallest absolute Gasteiger partial charge is 0.304 e. The summed E-state index contributed by atoms with van der Waals surface area (Å²) in [5.41, 5.74) is 2.84. The van der Waals surface area contributed by atoms with Crippen LogP contribution in [-0.4, -0.2) is 54.7 Å². The number of fused-ring (bicyclic) bond motifs is 1. The number of hydrogen-bond acceptors (Lipinski definition) is 5. The van der Waals surface area contributed by atoms with Crippen molar-refractivity contribution in [3.05, 3.63) is 59.7 Å². The summed E-state index contributed by atoms with van der Waals surface area (Å²) in [5.74, 6) is -0.301. The molecule has 0 N–H and O–H groups in total. The van der Waals surface area contributed by atoms with Gasteiger partial charge in [0.25, 0.3) is 5.91 Å². The van der Waals surface area contributed by atoms with E-state index < -0.39 is 9.58 Å². The molecule has 2 atom stereocenters. The second kappa shape index (κ2) is 9.34. The van der Waals surface area contributed by atoms with Gasteiger partial charge in [-0.2, -0.15) is 0 Å². The molecule has 30 heavy (non-hydrogen) atoms. The Kier molecular flexibility index (Phi) is 7.02. The third-order valence-corrected chi connectivity index (χ3v) is 6.71. The van der Waals surface area contributed by atoms with Gasteiger partial charge in [-0.15, -0.1) is 0 Å². The Hall–Kier alpha value is -2.13. The minimum absolute atomic E-state index is 0.217. The molecule has 1 aliphatic rings. The van der Waals surface area contributed by atoms with Crippen molar-refractivity contribution in [3.8, 4) is 5.75 Å². The lowest BCUT2D eigenvalue weighted by Gasteiger charge is -2.35. The monoisotopic (exact) mass is 522 g/mol. The van der Waals surface area contributed by atoms with Crippen LogP contribution in [0.5, 0.6) is 5.75 Å². The van der Waals surface area contributed by atoms with Crippen molar-refractivity contribution in [1.82, 2.24) is 4.90 Å². The molecule has 2 aromatic carbocycles. The van der Waals surface area contributed by atoms with Gasteiger partial charge in [-0.25, -0.2) is 0 Å². The topological polar surface area (TPSA) is 59.1 Å². The van der Waals surface area contributed by atoms with Crippen LogP contribution in [0.2, 0.25) is 0 Å². The number of rotatable bonds is 6. The van der Waals surface area contributed by atoms with E-state index in [1.807, 2.05) is 90.1 Å². The Morgan fingerprint density at radius 3 is 2.47 bits per heavy atom. The molecule has 160 valence electrons. The number of nitrogens with zero attached hydrogens (tertiary/aromatic N) is 2. The van der Waals surface area contributed by atoms with Crippen LogP contribution in [0.25, 0.3) is 0 Å². The molecule has 0 spiro atoms. The zero-order valence-electron chi connectivity index (χ0n) is 17.7. The van der Waals surface area contributed by atoms with Crippen LogP contribution >= 0.6 is 22.6 Å². The number of likely N-dealkylation sites (N-methyl/N-ethyl adjacent to an activating group) is 1. The maximum atomic E-state index is 13.9. The predicted octanol–water partition coefficient (Wildman–Crippen LogP) is 3.62. The molecule has 7 heteroatoms. The molecule has 0 saturated carbocycles. The lowest BCUT2D eigenvalue weighted by atomic mass is 9.87. The van der Waals surface area contributed by atoms with E-state index in [0.29, 0.717) is 19.5 Å². The van der Waals surface area contributed by atoms with Crippen LogP contribution in [0.1, 0.15) is 24.0 Å². The summed E-state index contributed by atoms with van der Waals surface area (Å²) in [6, 6.07) is 15.5. The van der Waals surface area contributed by atoms with E-state index in [4.69, 9.17) is 9.47 Å². The highest BCUT2D eigenvalue weighted by atomic mass is 127. The number of carbonyl (C=O) groups is 2. The number of benzene rings is 2. The van der Waals surface area contributed by atoms with Crippen LogP contribution in [0.3, 0.4) is 0 Å². The van der Waals surface area contributed by atoms with E-state index >= 15 is 0 Å².